The number of hydrogen-bond acceptors (Lipinski definition) is 1. The number of nitrogens with one attached hydrogen (secondary N) is 2. The molecule has 0 unspecified atom stereocenters. The van der Waals surface area contributed by atoms with Crippen molar-refractivity contribution < 1.29 is 9.18 Å². The van der Waals surface area contributed by atoms with Crippen LogP contribution in [0.4, 0.5) is 4.39 Å². The lowest BCUT2D eigenvalue weighted by atomic mass is 10.1. The van der Waals surface area contributed by atoms with Crippen LogP contribution in [-0.4, -0.2) is 10.9 Å². The van der Waals surface area contributed by atoms with Crippen LogP contribution in [-0.2, 0) is 17.8 Å². The fourth-order valence-corrected chi connectivity index (χ4v) is 1.52. The molecule has 88 valence electrons. The van der Waals surface area contributed by atoms with Gasteiger partial charge in [-0.15, -0.1) is 0 Å². The number of hydrogen-bond donors (Lipinski definition) is 2. The van der Waals surface area contributed by atoms with Gasteiger partial charge in [0.1, 0.15) is 5.82 Å². The molecular weight excluding hydrogens is 219 g/mol. The molecule has 2 aromatic rings. The third-order valence-electron chi connectivity index (χ3n) is 2.42. The van der Waals surface area contributed by atoms with Crippen molar-refractivity contribution in [3.8, 4) is 0 Å². The molecule has 0 saturated heterocycles. The summed E-state index contributed by atoms with van der Waals surface area (Å²) in [7, 11) is 0. The van der Waals surface area contributed by atoms with Crippen molar-refractivity contribution in [3.63, 3.8) is 0 Å². The van der Waals surface area contributed by atoms with E-state index in [2.05, 4.69) is 10.3 Å². The van der Waals surface area contributed by atoms with Crippen molar-refractivity contribution in [2.45, 2.75) is 13.0 Å². The van der Waals surface area contributed by atoms with E-state index in [4.69, 9.17) is 0 Å². The first kappa shape index (κ1) is 11.4. The van der Waals surface area contributed by atoms with Gasteiger partial charge < -0.3 is 10.3 Å². The second kappa shape index (κ2) is 5.30. The summed E-state index contributed by atoms with van der Waals surface area (Å²) in [5.74, 6) is -0.369. The van der Waals surface area contributed by atoms with Crippen LogP contribution in [0, 0.1) is 5.82 Å². The second-order valence-corrected chi connectivity index (χ2v) is 3.78. The van der Waals surface area contributed by atoms with Crippen LogP contribution in [0.1, 0.15) is 11.3 Å². The van der Waals surface area contributed by atoms with Crippen molar-refractivity contribution in [2.75, 3.05) is 0 Å². The van der Waals surface area contributed by atoms with Gasteiger partial charge in [0, 0.05) is 11.9 Å². The van der Waals surface area contributed by atoms with Gasteiger partial charge in [0.05, 0.1) is 13.0 Å². The highest BCUT2D eigenvalue weighted by Gasteiger charge is 2.03. The quantitative estimate of drug-likeness (QED) is 0.832. The van der Waals surface area contributed by atoms with Crippen LogP contribution < -0.4 is 5.32 Å². The van der Waals surface area contributed by atoms with E-state index in [0.717, 1.165) is 11.3 Å². The minimum atomic E-state index is -0.291. The molecule has 4 heteroatoms. The van der Waals surface area contributed by atoms with E-state index in [1.807, 2.05) is 18.3 Å². The maximum atomic E-state index is 12.7. The number of H-pyrrole nitrogens is 1. The molecule has 0 bridgehead atoms. The molecule has 3 nitrogen and oxygen atoms in total. The predicted octanol–water partition coefficient (Wildman–Crippen LogP) is 2.01. The van der Waals surface area contributed by atoms with E-state index in [1.54, 1.807) is 12.1 Å². The summed E-state index contributed by atoms with van der Waals surface area (Å²) in [4.78, 5) is 14.6. The SMILES string of the molecule is O=C(Cc1ccc(F)cc1)NCc1ccc[nH]1. The topological polar surface area (TPSA) is 44.9 Å². The molecule has 17 heavy (non-hydrogen) atoms. The number of amides is 1. The monoisotopic (exact) mass is 232 g/mol. The number of benzene rings is 1. The highest BCUT2D eigenvalue weighted by atomic mass is 19.1. The van der Waals surface area contributed by atoms with E-state index in [-0.39, 0.29) is 18.1 Å². The van der Waals surface area contributed by atoms with Gasteiger partial charge in [0.2, 0.25) is 5.91 Å². The summed E-state index contributed by atoms with van der Waals surface area (Å²) in [6, 6.07) is 9.72. The summed E-state index contributed by atoms with van der Waals surface area (Å²) >= 11 is 0. The summed E-state index contributed by atoms with van der Waals surface area (Å²) in [6.07, 6.45) is 2.07. The maximum Gasteiger partial charge on any atom is 0.224 e. The number of halogens is 1. The molecule has 2 rings (SSSR count). The zero-order valence-corrected chi connectivity index (χ0v) is 9.24. The molecule has 1 heterocycles. The zero-order valence-electron chi connectivity index (χ0n) is 9.24. The Morgan fingerprint density at radius 2 is 2.00 bits per heavy atom. The number of carbonyl (C=O) groups is 1. The fraction of sp³-hybridized carbons (Fsp3) is 0.154. The average molecular weight is 232 g/mol. The number of rotatable bonds is 4. The third kappa shape index (κ3) is 3.45. The molecule has 0 aliphatic rings. The lowest BCUT2D eigenvalue weighted by molar-refractivity contribution is -0.120. The van der Waals surface area contributed by atoms with Crippen LogP contribution >= 0.6 is 0 Å². The summed E-state index contributed by atoms with van der Waals surface area (Å²) < 4.78 is 12.7. The Morgan fingerprint density at radius 1 is 1.24 bits per heavy atom. The van der Waals surface area contributed by atoms with Crippen molar-refractivity contribution in [1.29, 1.82) is 0 Å². The van der Waals surface area contributed by atoms with Crippen LogP contribution in [0.5, 0.6) is 0 Å². The highest BCUT2D eigenvalue weighted by Crippen LogP contribution is 2.03. The normalized spacial score (nSPS) is 10.2. The van der Waals surface area contributed by atoms with Gasteiger partial charge in [-0.2, -0.15) is 0 Å². The van der Waals surface area contributed by atoms with Crippen LogP contribution in [0.3, 0.4) is 0 Å². The minimum absolute atomic E-state index is 0.0776. The first-order chi connectivity index (χ1) is 8.24. The van der Waals surface area contributed by atoms with Crippen molar-refractivity contribution in [2.24, 2.45) is 0 Å². The van der Waals surface area contributed by atoms with Gasteiger partial charge in [0.25, 0.3) is 0 Å². The molecule has 0 spiro atoms. The fourth-order valence-electron chi connectivity index (χ4n) is 1.52. The maximum absolute atomic E-state index is 12.7. The molecule has 0 aliphatic carbocycles. The van der Waals surface area contributed by atoms with E-state index in [1.165, 1.54) is 12.1 Å². The Bertz CT molecular complexity index is 477. The molecule has 0 atom stereocenters. The van der Waals surface area contributed by atoms with Crippen molar-refractivity contribution >= 4 is 5.91 Å². The molecule has 1 amide bonds. The second-order valence-electron chi connectivity index (χ2n) is 3.78. The molecule has 2 N–H and O–H groups in total. The number of aromatic nitrogens is 1. The highest BCUT2D eigenvalue weighted by molar-refractivity contribution is 5.78. The Kier molecular flexibility index (Phi) is 3.55. The number of aromatic amines is 1. The van der Waals surface area contributed by atoms with E-state index in [0.29, 0.717) is 6.54 Å². The standard InChI is InChI=1S/C13H13FN2O/c14-11-5-3-10(4-6-11)8-13(17)16-9-12-2-1-7-15-12/h1-7,15H,8-9H2,(H,16,17). The third-order valence-corrected chi connectivity index (χ3v) is 2.42. The molecule has 0 radical (unpaired) electrons. The smallest absolute Gasteiger partial charge is 0.224 e. The Morgan fingerprint density at radius 3 is 2.65 bits per heavy atom. The van der Waals surface area contributed by atoms with Crippen LogP contribution in [0.25, 0.3) is 0 Å². The van der Waals surface area contributed by atoms with Crippen LogP contribution in [0.15, 0.2) is 42.6 Å². The van der Waals surface area contributed by atoms with Gasteiger partial charge in [-0.25, -0.2) is 4.39 Å². The number of carbonyl (C=O) groups excluding carboxylic acids is 1. The largest absolute Gasteiger partial charge is 0.364 e. The Hall–Kier alpha value is -2.10. The van der Waals surface area contributed by atoms with Crippen molar-refractivity contribution in [1.82, 2.24) is 10.3 Å². The molecular formula is C13H13FN2O. The first-order valence-electron chi connectivity index (χ1n) is 5.37. The molecule has 0 saturated carbocycles. The predicted molar refractivity (Wildman–Crippen MR) is 62.7 cm³/mol. The molecule has 0 aliphatic heterocycles. The summed E-state index contributed by atoms with van der Waals surface area (Å²) in [5.41, 5.74) is 1.76. The van der Waals surface area contributed by atoms with Gasteiger partial charge in [0.15, 0.2) is 0 Å². The minimum Gasteiger partial charge on any atom is -0.364 e. The summed E-state index contributed by atoms with van der Waals surface area (Å²) in [6.45, 7) is 0.479. The van der Waals surface area contributed by atoms with Crippen LogP contribution in [0.2, 0.25) is 0 Å². The van der Waals surface area contributed by atoms with E-state index >= 15 is 0 Å². The average Bonchev–Trinajstić information content (AvgIpc) is 2.83. The van der Waals surface area contributed by atoms with Gasteiger partial charge in [-0.1, -0.05) is 12.1 Å². The van der Waals surface area contributed by atoms with E-state index in [9.17, 15) is 9.18 Å². The first-order valence-corrected chi connectivity index (χ1v) is 5.37. The lowest BCUT2D eigenvalue weighted by Crippen LogP contribution is -2.24. The van der Waals surface area contributed by atoms with Gasteiger partial charge >= 0.3 is 0 Å². The Balaban J connectivity index is 1.83. The Labute approximate surface area is 98.7 Å². The van der Waals surface area contributed by atoms with Crippen molar-refractivity contribution in [3.05, 3.63) is 59.7 Å². The lowest BCUT2D eigenvalue weighted by Gasteiger charge is -2.04. The van der Waals surface area contributed by atoms with Gasteiger partial charge in [-0.3, -0.25) is 4.79 Å². The zero-order chi connectivity index (χ0) is 12.1. The van der Waals surface area contributed by atoms with E-state index < -0.39 is 0 Å². The molecule has 0 fully saturated rings. The molecule has 1 aromatic carbocycles. The molecule has 1 aromatic heterocycles. The summed E-state index contributed by atoms with van der Waals surface area (Å²) in [5, 5.41) is 2.78. The van der Waals surface area contributed by atoms with Gasteiger partial charge in [-0.05, 0) is 29.8 Å².